The van der Waals surface area contributed by atoms with E-state index in [4.69, 9.17) is 0 Å². The van der Waals surface area contributed by atoms with Crippen LogP contribution < -0.4 is 34.5 Å². The Morgan fingerprint density at radius 1 is 0.919 bits per heavy atom. The molecular formula is C21H31FeN2NaO10P2. The zero-order valence-electron chi connectivity index (χ0n) is 20.5. The summed E-state index contributed by atoms with van der Waals surface area (Å²) in [6.07, 6.45) is -1.66. The van der Waals surface area contributed by atoms with E-state index < -0.39 is 40.4 Å². The van der Waals surface area contributed by atoms with E-state index in [1.165, 1.54) is 34.1 Å². The SMILES string of the molecule is Cc1ccc(O)c(CN(CC(CO)N(Cc2cc(CO)ccc2O)CP(=O)(O)O)CP(=O)([O-])O)c1.[Fe].[Na+]. The number of phenols is 2. The van der Waals surface area contributed by atoms with Gasteiger partial charge in [-0.2, -0.15) is 0 Å². The van der Waals surface area contributed by atoms with Crippen LogP contribution in [0.1, 0.15) is 22.3 Å². The van der Waals surface area contributed by atoms with E-state index in [0.29, 0.717) is 11.1 Å². The van der Waals surface area contributed by atoms with Crippen molar-refractivity contribution in [2.24, 2.45) is 0 Å². The minimum Gasteiger partial charge on any atom is -0.778 e. The number of aryl methyl sites for hydroxylation is 1. The fourth-order valence-electron chi connectivity index (χ4n) is 3.71. The quantitative estimate of drug-likeness (QED) is 0.0906. The molecule has 0 radical (unpaired) electrons. The molecule has 12 nitrogen and oxygen atoms in total. The molecule has 16 heteroatoms. The molecule has 0 aliphatic rings. The number of aliphatic hydroxyl groups excluding tert-OH is 2. The molecule has 2 aromatic carbocycles. The maximum absolute atomic E-state index is 11.8. The van der Waals surface area contributed by atoms with Gasteiger partial charge in [-0.15, -0.1) is 0 Å². The second-order valence-corrected chi connectivity index (χ2v) is 11.6. The molecule has 0 aliphatic carbocycles. The molecule has 2 rings (SSSR count). The number of hydrogen-bond acceptors (Lipinski definition) is 9. The fourth-order valence-corrected chi connectivity index (χ4v) is 5.23. The van der Waals surface area contributed by atoms with Gasteiger partial charge in [-0.1, -0.05) is 23.8 Å². The zero-order valence-corrected chi connectivity index (χ0v) is 25.4. The average Bonchev–Trinajstić information content (AvgIpc) is 2.73. The van der Waals surface area contributed by atoms with Crippen molar-refractivity contribution in [3.63, 3.8) is 0 Å². The third-order valence-electron chi connectivity index (χ3n) is 5.27. The number of aromatic hydroxyl groups is 2. The fraction of sp³-hybridized carbons (Fsp3) is 0.429. The molecule has 0 aliphatic heterocycles. The van der Waals surface area contributed by atoms with Gasteiger partial charge in [0.15, 0.2) is 0 Å². The molecule has 0 heterocycles. The van der Waals surface area contributed by atoms with Gasteiger partial charge in [0.1, 0.15) is 25.4 Å². The molecule has 7 N–H and O–H groups in total. The Labute approximate surface area is 248 Å². The van der Waals surface area contributed by atoms with Gasteiger partial charge in [0, 0.05) is 53.9 Å². The van der Waals surface area contributed by atoms with E-state index in [0.717, 1.165) is 5.56 Å². The van der Waals surface area contributed by atoms with Crippen molar-refractivity contribution in [1.29, 1.82) is 0 Å². The van der Waals surface area contributed by atoms with Gasteiger partial charge >= 0.3 is 37.2 Å². The summed E-state index contributed by atoms with van der Waals surface area (Å²) in [7, 11) is -9.50. The Morgan fingerprint density at radius 3 is 2.00 bits per heavy atom. The maximum atomic E-state index is 11.8. The van der Waals surface area contributed by atoms with Gasteiger partial charge in [0.2, 0.25) is 0 Å². The Kier molecular flexibility index (Phi) is 16.0. The first-order valence-corrected chi connectivity index (χ1v) is 14.1. The molecule has 37 heavy (non-hydrogen) atoms. The van der Waals surface area contributed by atoms with Crippen LogP contribution in [0.5, 0.6) is 11.5 Å². The molecule has 2 aromatic rings. The molecule has 0 saturated carbocycles. The molecule has 0 fully saturated rings. The van der Waals surface area contributed by atoms with Crippen LogP contribution in [-0.2, 0) is 45.9 Å². The van der Waals surface area contributed by atoms with Crippen LogP contribution in [0.3, 0.4) is 0 Å². The number of aliphatic hydroxyl groups is 2. The van der Waals surface area contributed by atoms with E-state index in [2.05, 4.69) is 0 Å². The Bertz CT molecular complexity index is 1100. The molecule has 204 valence electrons. The summed E-state index contributed by atoms with van der Waals surface area (Å²) in [6, 6.07) is 7.89. The summed E-state index contributed by atoms with van der Waals surface area (Å²) in [5.74, 6) is -0.312. The molecule has 0 aromatic heterocycles. The summed E-state index contributed by atoms with van der Waals surface area (Å²) >= 11 is 0. The van der Waals surface area contributed by atoms with Crippen molar-refractivity contribution in [2.75, 3.05) is 25.7 Å². The first-order valence-electron chi connectivity index (χ1n) is 10.6. The summed E-state index contributed by atoms with van der Waals surface area (Å²) in [4.78, 5) is 42.8. The molecule has 0 amide bonds. The standard InChI is InChI=1S/C21H32N2O10P2.Fe.Na/c1-15-2-4-20(26)17(6-15)8-22(13-34(28,29)30)10-19(12-25)23(14-35(31,32)33)9-18-7-16(11-24)3-5-21(18)27;;/h2-7,19,24-27H,8-14H2,1H3,(H2,28,29,30)(H2,31,32,33);;/q;;+1/p-1. The second kappa shape index (κ2) is 16.1. The number of benzene rings is 2. The van der Waals surface area contributed by atoms with Crippen LogP contribution in [-0.4, -0.2) is 76.7 Å². The Balaban J connectivity index is 0.00000648. The smallest absolute Gasteiger partial charge is 0.778 e. The first kappa shape index (κ1) is 36.7. The minimum atomic E-state index is -4.84. The van der Waals surface area contributed by atoms with Gasteiger partial charge in [-0.25, -0.2) is 0 Å². The van der Waals surface area contributed by atoms with E-state index >= 15 is 0 Å². The van der Waals surface area contributed by atoms with E-state index in [9.17, 15) is 49.1 Å². The minimum absolute atomic E-state index is 0. The molecule has 2 atom stereocenters. The topological polar surface area (TPSA) is 205 Å². The third kappa shape index (κ3) is 13.1. The monoisotopic (exact) mass is 612 g/mol. The first-order chi connectivity index (χ1) is 16.2. The van der Waals surface area contributed by atoms with Gasteiger partial charge < -0.3 is 44.6 Å². The zero-order chi connectivity index (χ0) is 26.4. The molecule has 2 unspecified atom stereocenters. The number of rotatable bonds is 13. The van der Waals surface area contributed by atoms with Crippen molar-refractivity contribution in [2.45, 2.75) is 32.7 Å². The van der Waals surface area contributed by atoms with Crippen LogP contribution in [0, 0.1) is 6.92 Å². The van der Waals surface area contributed by atoms with Gasteiger partial charge in [0.25, 0.3) is 0 Å². The van der Waals surface area contributed by atoms with Crippen molar-refractivity contribution in [3.05, 3.63) is 58.7 Å². The van der Waals surface area contributed by atoms with Gasteiger partial charge in [-0.05, 0) is 30.7 Å². The van der Waals surface area contributed by atoms with Crippen molar-refractivity contribution < 1.29 is 95.8 Å². The number of nitrogens with zero attached hydrogens (tertiary/aromatic N) is 2. The van der Waals surface area contributed by atoms with Crippen molar-refractivity contribution in [1.82, 2.24) is 9.80 Å². The van der Waals surface area contributed by atoms with Gasteiger partial charge in [0.05, 0.1) is 19.5 Å². The van der Waals surface area contributed by atoms with E-state index in [1.54, 1.807) is 19.1 Å². The predicted octanol–water partition coefficient (Wildman–Crippen LogP) is -2.80. The van der Waals surface area contributed by atoms with Crippen LogP contribution in [0.25, 0.3) is 0 Å². The molecule has 0 saturated heterocycles. The molecular weight excluding hydrogens is 581 g/mol. The Morgan fingerprint density at radius 2 is 1.49 bits per heavy atom. The van der Waals surface area contributed by atoms with Crippen LogP contribution >= 0.6 is 15.2 Å². The normalized spacial score (nSPS) is 14.1. The summed E-state index contributed by atoms with van der Waals surface area (Å²) in [5.41, 5.74) is 1.81. The third-order valence-corrected chi connectivity index (χ3v) is 6.76. The van der Waals surface area contributed by atoms with Crippen molar-refractivity contribution >= 4 is 15.2 Å². The largest absolute Gasteiger partial charge is 1.00 e. The number of hydrogen-bond donors (Lipinski definition) is 7. The summed E-state index contributed by atoms with van der Waals surface area (Å²) in [5, 5.41) is 39.8. The molecule has 0 spiro atoms. The summed E-state index contributed by atoms with van der Waals surface area (Å²) < 4.78 is 23.5. The van der Waals surface area contributed by atoms with Crippen LogP contribution in [0.2, 0.25) is 0 Å². The van der Waals surface area contributed by atoms with E-state index in [1.807, 2.05) is 0 Å². The Hall–Kier alpha value is -0.301. The molecule has 0 bridgehead atoms. The maximum Gasteiger partial charge on any atom is 1.00 e. The van der Waals surface area contributed by atoms with Crippen LogP contribution in [0.15, 0.2) is 36.4 Å². The average molecular weight is 612 g/mol. The van der Waals surface area contributed by atoms with Crippen LogP contribution in [0.4, 0.5) is 0 Å². The second-order valence-electron chi connectivity index (χ2n) is 8.43. The summed E-state index contributed by atoms with van der Waals surface area (Å²) in [6.45, 7) is 0.128. The van der Waals surface area contributed by atoms with Gasteiger partial charge in [-0.3, -0.25) is 14.4 Å². The van der Waals surface area contributed by atoms with Crippen molar-refractivity contribution in [3.8, 4) is 11.5 Å². The predicted molar refractivity (Wildman–Crippen MR) is 125 cm³/mol. The number of phenolic OH excluding ortho intramolecular Hbond substituents is 2. The van der Waals surface area contributed by atoms with E-state index in [-0.39, 0.29) is 89.9 Å².